The molecule has 24 heavy (non-hydrogen) atoms. The number of nitrogens with one attached hydrogen (secondary N) is 1. The number of hydrogen-bond acceptors (Lipinski definition) is 6. The molecule has 0 fully saturated rings. The van der Waals surface area contributed by atoms with Gasteiger partial charge in [-0.1, -0.05) is 13.8 Å². The summed E-state index contributed by atoms with van der Waals surface area (Å²) in [6.45, 7) is 11.3. The number of amides is 1. The summed E-state index contributed by atoms with van der Waals surface area (Å²) in [6, 6.07) is 0. The van der Waals surface area contributed by atoms with Crippen molar-refractivity contribution in [2.75, 3.05) is 59.4 Å². The Hall–Kier alpha value is -0.340. The minimum absolute atomic E-state index is 0.0840. The van der Waals surface area contributed by atoms with Gasteiger partial charge >= 0.3 is 0 Å². The summed E-state index contributed by atoms with van der Waals surface area (Å²) in [5.74, 6) is 0.653. The molecule has 0 aromatic heterocycles. The van der Waals surface area contributed by atoms with E-state index in [2.05, 4.69) is 31.8 Å². The number of carbonyl (C=O) groups excluding carboxylic acids is 1. The van der Waals surface area contributed by atoms with Crippen molar-refractivity contribution in [3.05, 3.63) is 0 Å². The molecule has 1 unspecified atom stereocenters. The average molecular weight is 366 g/mol. The molecule has 0 heterocycles. The fourth-order valence-electron chi connectivity index (χ4n) is 1.75. The van der Waals surface area contributed by atoms with Crippen LogP contribution in [-0.4, -0.2) is 70.6 Å². The predicted octanol–water partition coefficient (Wildman–Crippen LogP) is 1.92. The van der Waals surface area contributed by atoms with E-state index in [9.17, 15) is 4.79 Å². The molecule has 0 radical (unpaired) electrons. The lowest BCUT2D eigenvalue weighted by Gasteiger charge is -2.09. The summed E-state index contributed by atoms with van der Waals surface area (Å²) < 4.78 is 21.6. The Morgan fingerprint density at radius 1 is 0.833 bits per heavy atom. The molecular weight excluding hydrogens is 330 g/mol. The van der Waals surface area contributed by atoms with Gasteiger partial charge in [-0.2, -0.15) is 12.6 Å². The summed E-state index contributed by atoms with van der Waals surface area (Å²) in [4.78, 5) is 11.2. The molecular formula is C17H35NO5S. The smallest absolute Gasteiger partial charge is 0.232 e. The largest absolute Gasteiger partial charge is 0.379 e. The van der Waals surface area contributed by atoms with Crippen LogP contribution in [0.15, 0.2) is 0 Å². The molecule has 6 nitrogen and oxygen atoms in total. The fraction of sp³-hybridized carbons (Fsp3) is 0.941. The second-order valence-electron chi connectivity index (χ2n) is 5.95. The molecule has 0 spiro atoms. The molecule has 0 saturated heterocycles. The standard InChI is InChI=1S/C17H35NO5S/c1-15(2)5-4-7-20-9-11-22-13-14-23-12-10-21-8-6-18-17(19)16(3)24/h15-16,24H,4-14H2,1-3H3,(H,18,19). The Kier molecular flexibility index (Phi) is 17.2. The van der Waals surface area contributed by atoms with E-state index in [4.69, 9.17) is 18.9 Å². The van der Waals surface area contributed by atoms with Gasteiger partial charge in [0.25, 0.3) is 0 Å². The zero-order valence-corrected chi connectivity index (χ0v) is 16.3. The van der Waals surface area contributed by atoms with Gasteiger partial charge in [-0.15, -0.1) is 0 Å². The molecule has 7 heteroatoms. The number of hydrogen-bond donors (Lipinski definition) is 2. The van der Waals surface area contributed by atoms with Crippen molar-refractivity contribution in [2.24, 2.45) is 5.92 Å². The van der Waals surface area contributed by atoms with Crippen LogP contribution in [-0.2, 0) is 23.7 Å². The second-order valence-corrected chi connectivity index (χ2v) is 6.73. The van der Waals surface area contributed by atoms with Gasteiger partial charge in [-0.25, -0.2) is 0 Å². The fourth-order valence-corrected chi connectivity index (χ4v) is 1.84. The summed E-state index contributed by atoms with van der Waals surface area (Å²) in [5, 5.41) is 2.43. The van der Waals surface area contributed by atoms with Gasteiger partial charge in [0, 0.05) is 13.2 Å². The number of ether oxygens (including phenoxy) is 4. The van der Waals surface area contributed by atoms with Crippen LogP contribution in [0.1, 0.15) is 33.6 Å². The van der Waals surface area contributed by atoms with Gasteiger partial charge in [-0.3, -0.25) is 4.79 Å². The van der Waals surface area contributed by atoms with E-state index in [1.54, 1.807) is 6.92 Å². The molecule has 0 aromatic carbocycles. The minimum atomic E-state index is -0.293. The third kappa shape index (κ3) is 18.0. The maximum atomic E-state index is 11.2. The molecule has 0 aliphatic heterocycles. The lowest BCUT2D eigenvalue weighted by molar-refractivity contribution is -0.120. The molecule has 0 rings (SSSR count). The van der Waals surface area contributed by atoms with Crippen LogP contribution < -0.4 is 5.32 Å². The molecule has 1 atom stereocenters. The van der Waals surface area contributed by atoms with Gasteiger partial charge in [0.2, 0.25) is 5.91 Å². The van der Waals surface area contributed by atoms with Gasteiger partial charge in [0.15, 0.2) is 0 Å². The van der Waals surface area contributed by atoms with Crippen molar-refractivity contribution in [1.29, 1.82) is 0 Å². The molecule has 0 saturated carbocycles. The first-order valence-electron chi connectivity index (χ1n) is 8.80. The molecule has 1 N–H and O–H groups in total. The second kappa shape index (κ2) is 17.5. The molecule has 0 aliphatic rings. The molecule has 0 aromatic rings. The minimum Gasteiger partial charge on any atom is -0.379 e. The molecule has 0 aliphatic carbocycles. The van der Waals surface area contributed by atoms with Crippen LogP contribution >= 0.6 is 12.6 Å². The first-order valence-corrected chi connectivity index (χ1v) is 9.32. The molecule has 1 amide bonds. The Labute approximate surface area is 152 Å². The maximum Gasteiger partial charge on any atom is 0.232 e. The van der Waals surface area contributed by atoms with Crippen LogP contribution in [0, 0.1) is 5.92 Å². The lowest BCUT2D eigenvalue weighted by atomic mass is 10.1. The topological polar surface area (TPSA) is 66.0 Å². The highest BCUT2D eigenvalue weighted by molar-refractivity contribution is 7.81. The SMILES string of the molecule is CC(C)CCCOCCOCCOCCOCCNC(=O)C(C)S. The monoisotopic (exact) mass is 365 g/mol. The summed E-state index contributed by atoms with van der Waals surface area (Å²) >= 11 is 4.03. The third-order valence-electron chi connectivity index (χ3n) is 3.11. The Morgan fingerprint density at radius 3 is 1.75 bits per heavy atom. The van der Waals surface area contributed by atoms with Crippen molar-refractivity contribution in [3.8, 4) is 0 Å². The van der Waals surface area contributed by atoms with E-state index in [-0.39, 0.29) is 11.2 Å². The van der Waals surface area contributed by atoms with Gasteiger partial charge in [0.1, 0.15) is 0 Å². The van der Waals surface area contributed by atoms with Crippen LogP contribution in [0.3, 0.4) is 0 Å². The first-order chi connectivity index (χ1) is 11.5. The predicted molar refractivity (Wildman–Crippen MR) is 98.8 cm³/mol. The first kappa shape index (κ1) is 23.7. The van der Waals surface area contributed by atoms with Gasteiger partial charge < -0.3 is 24.3 Å². The zero-order chi connectivity index (χ0) is 18.0. The normalized spacial score (nSPS) is 12.5. The van der Waals surface area contributed by atoms with Gasteiger partial charge in [-0.05, 0) is 25.7 Å². The highest BCUT2D eigenvalue weighted by Gasteiger charge is 2.05. The number of carbonyl (C=O) groups is 1. The van der Waals surface area contributed by atoms with Crippen LogP contribution in [0.4, 0.5) is 0 Å². The maximum absolute atomic E-state index is 11.2. The third-order valence-corrected chi connectivity index (χ3v) is 3.35. The van der Waals surface area contributed by atoms with E-state index >= 15 is 0 Å². The molecule has 144 valence electrons. The van der Waals surface area contributed by atoms with Crippen LogP contribution in [0.25, 0.3) is 0 Å². The van der Waals surface area contributed by atoms with Gasteiger partial charge in [0.05, 0.1) is 51.5 Å². The van der Waals surface area contributed by atoms with Crippen LogP contribution in [0.2, 0.25) is 0 Å². The average Bonchev–Trinajstić information content (AvgIpc) is 2.53. The number of thiol groups is 1. The van der Waals surface area contributed by atoms with E-state index in [0.717, 1.165) is 18.9 Å². The van der Waals surface area contributed by atoms with Crippen molar-refractivity contribution in [1.82, 2.24) is 5.32 Å². The highest BCUT2D eigenvalue weighted by atomic mass is 32.1. The molecule has 0 bridgehead atoms. The van der Waals surface area contributed by atoms with E-state index in [1.165, 1.54) is 6.42 Å². The van der Waals surface area contributed by atoms with Crippen molar-refractivity contribution in [2.45, 2.75) is 38.9 Å². The van der Waals surface area contributed by atoms with E-state index in [0.29, 0.717) is 52.8 Å². The number of rotatable bonds is 17. The van der Waals surface area contributed by atoms with E-state index < -0.39 is 0 Å². The summed E-state index contributed by atoms with van der Waals surface area (Å²) in [7, 11) is 0. The summed E-state index contributed by atoms with van der Waals surface area (Å²) in [5.41, 5.74) is 0. The van der Waals surface area contributed by atoms with Crippen molar-refractivity contribution in [3.63, 3.8) is 0 Å². The Bertz CT molecular complexity index is 290. The lowest BCUT2D eigenvalue weighted by Crippen LogP contribution is -2.32. The Morgan fingerprint density at radius 2 is 1.29 bits per heavy atom. The van der Waals surface area contributed by atoms with E-state index in [1.807, 2.05) is 0 Å². The Balaban J connectivity index is 3.06. The summed E-state index contributed by atoms with van der Waals surface area (Å²) in [6.07, 6.45) is 2.32. The van der Waals surface area contributed by atoms with Crippen molar-refractivity contribution < 1.29 is 23.7 Å². The quantitative estimate of drug-likeness (QED) is 0.305. The van der Waals surface area contributed by atoms with Crippen LogP contribution in [0.5, 0.6) is 0 Å². The highest BCUT2D eigenvalue weighted by Crippen LogP contribution is 2.02. The zero-order valence-electron chi connectivity index (χ0n) is 15.4. The van der Waals surface area contributed by atoms with Crippen molar-refractivity contribution >= 4 is 18.5 Å².